The van der Waals surface area contributed by atoms with Crippen LogP contribution in [0.2, 0.25) is 10.0 Å². The smallest absolute Gasteiger partial charge is 0.248 e. The monoisotopic (exact) mass is 422 g/mol. The minimum atomic E-state index is -0.0464. The summed E-state index contributed by atoms with van der Waals surface area (Å²) in [6.07, 6.45) is 3.61. The first-order valence-electron chi connectivity index (χ1n) is 8.94. The quantitative estimate of drug-likeness (QED) is 0.618. The molecule has 0 unspecified atom stereocenters. The Morgan fingerprint density at radius 1 is 1.29 bits per heavy atom. The van der Waals surface area contributed by atoms with Crippen molar-refractivity contribution in [2.75, 3.05) is 33.5 Å². The third-order valence-electron chi connectivity index (χ3n) is 4.95. The number of nitrogens with one attached hydrogen (secondary N) is 1. The SMILES string of the molecule is COCCOCC(=O)N1CCn2c(c(-c3cn[nH]c3)c3ccc(Cl)c(Cl)c32)C1. The van der Waals surface area contributed by atoms with Gasteiger partial charge in [-0.2, -0.15) is 5.10 Å². The summed E-state index contributed by atoms with van der Waals surface area (Å²) in [7, 11) is 1.60. The first-order valence-corrected chi connectivity index (χ1v) is 9.70. The normalized spacial score (nSPS) is 13.9. The van der Waals surface area contributed by atoms with Gasteiger partial charge < -0.3 is 18.9 Å². The second-order valence-corrected chi connectivity index (χ2v) is 7.36. The minimum Gasteiger partial charge on any atom is -0.382 e. The molecule has 0 fully saturated rings. The van der Waals surface area contributed by atoms with Crippen molar-refractivity contribution in [2.24, 2.45) is 0 Å². The van der Waals surface area contributed by atoms with Gasteiger partial charge in [0.25, 0.3) is 0 Å². The molecule has 1 N–H and O–H groups in total. The van der Waals surface area contributed by atoms with Crippen LogP contribution in [0.1, 0.15) is 5.69 Å². The Labute approximate surface area is 172 Å². The summed E-state index contributed by atoms with van der Waals surface area (Å²) in [5.74, 6) is -0.0464. The van der Waals surface area contributed by atoms with Crippen LogP contribution < -0.4 is 0 Å². The molecule has 0 saturated carbocycles. The molecular formula is C19H20Cl2N4O3. The van der Waals surface area contributed by atoms with Gasteiger partial charge in [-0.15, -0.1) is 0 Å². The average Bonchev–Trinajstić information content (AvgIpc) is 3.33. The highest BCUT2D eigenvalue weighted by Gasteiger charge is 2.28. The molecule has 1 aromatic carbocycles. The Morgan fingerprint density at radius 2 is 2.14 bits per heavy atom. The zero-order valence-corrected chi connectivity index (χ0v) is 16.9. The number of carbonyl (C=O) groups excluding carboxylic acids is 1. The number of carbonyl (C=O) groups is 1. The molecule has 1 amide bonds. The first-order chi connectivity index (χ1) is 13.6. The van der Waals surface area contributed by atoms with Crippen molar-refractivity contribution in [3.8, 4) is 11.1 Å². The Bertz CT molecular complexity index is 1000. The van der Waals surface area contributed by atoms with E-state index < -0.39 is 0 Å². The summed E-state index contributed by atoms with van der Waals surface area (Å²) in [5.41, 5.74) is 3.86. The summed E-state index contributed by atoms with van der Waals surface area (Å²) in [4.78, 5) is 14.4. The molecule has 0 atom stereocenters. The third kappa shape index (κ3) is 3.39. The Kier molecular flexibility index (Phi) is 5.59. The van der Waals surface area contributed by atoms with Gasteiger partial charge in [0.15, 0.2) is 0 Å². The number of hydrogen-bond donors (Lipinski definition) is 1. The highest BCUT2D eigenvalue weighted by molar-refractivity contribution is 6.45. The standard InChI is InChI=1S/C19H20Cl2N4O3/c1-27-6-7-28-11-16(26)24-4-5-25-15(10-24)17(12-8-22-23-9-12)13-2-3-14(20)18(21)19(13)25/h2-3,8-9H,4-7,10-11H2,1H3,(H,22,23). The average molecular weight is 423 g/mol. The Balaban J connectivity index is 1.71. The van der Waals surface area contributed by atoms with E-state index in [0.717, 1.165) is 27.7 Å². The van der Waals surface area contributed by atoms with E-state index in [2.05, 4.69) is 14.8 Å². The Morgan fingerprint density at radius 3 is 2.89 bits per heavy atom. The number of aromatic nitrogens is 3. The highest BCUT2D eigenvalue weighted by Crippen LogP contribution is 2.42. The number of ether oxygens (including phenoxy) is 2. The molecule has 0 aliphatic carbocycles. The van der Waals surface area contributed by atoms with E-state index in [1.807, 2.05) is 12.3 Å². The number of nitrogens with zero attached hydrogens (tertiary/aromatic N) is 3. The van der Waals surface area contributed by atoms with Crippen molar-refractivity contribution < 1.29 is 14.3 Å². The van der Waals surface area contributed by atoms with Crippen LogP contribution in [0.5, 0.6) is 0 Å². The molecule has 4 rings (SSSR count). The van der Waals surface area contributed by atoms with Gasteiger partial charge in [0.2, 0.25) is 5.91 Å². The molecule has 9 heteroatoms. The molecule has 148 valence electrons. The van der Waals surface area contributed by atoms with Gasteiger partial charge in [-0.25, -0.2) is 0 Å². The molecule has 3 aromatic rings. The van der Waals surface area contributed by atoms with Crippen molar-refractivity contribution in [1.29, 1.82) is 0 Å². The zero-order valence-electron chi connectivity index (χ0n) is 15.4. The second kappa shape index (κ2) is 8.13. The predicted molar refractivity (Wildman–Crippen MR) is 108 cm³/mol. The second-order valence-electron chi connectivity index (χ2n) is 6.58. The number of fused-ring (bicyclic) bond motifs is 3. The molecule has 0 radical (unpaired) electrons. The van der Waals surface area contributed by atoms with E-state index >= 15 is 0 Å². The maximum atomic E-state index is 12.6. The Hall–Kier alpha value is -2.06. The summed E-state index contributed by atoms with van der Waals surface area (Å²) < 4.78 is 12.5. The van der Waals surface area contributed by atoms with Gasteiger partial charge in [0, 0.05) is 48.6 Å². The van der Waals surface area contributed by atoms with E-state index in [9.17, 15) is 4.79 Å². The fourth-order valence-electron chi connectivity index (χ4n) is 3.64. The number of aromatic amines is 1. The summed E-state index contributed by atoms with van der Waals surface area (Å²) >= 11 is 12.8. The lowest BCUT2D eigenvalue weighted by atomic mass is 10.0. The van der Waals surface area contributed by atoms with Crippen molar-refractivity contribution in [1.82, 2.24) is 19.7 Å². The molecule has 0 spiro atoms. The molecule has 0 saturated heterocycles. The largest absolute Gasteiger partial charge is 0.382 e. The number of H-pyrrole nitrogens is 1. The van der Waals surface area contributed by atoms with E-state index in [-0.39, 0.29) is 12.5 Å². The summed E-state index contributed by atoms with van der Waals surface area (Å²) in [5, 5.41) is 8.97. The number of rotatable bonds is 6. The van der Waals surface area contributed by atoms with Gasteiger partial charge in [-0.05, 0) is 6.07 Å². The van der Waals surface area contributed by atoms with Crippen molar-refractivity contribution >= 4 is 40.0 Å². The van der Waals surface area contributed by atoms with Crippen molar-refractivity contribution in [2.45, 2.75) is 13.1 Å². The molecule has 2 aromatic heterocycles. The topological polar surface area (TPSA) is 72.4 Å². The van der Waals surface area contributed by atoms with Crippen molar-refractivity contribution in [3.05, 3.63) is 40.3 Å². The van der Waals surface area contributed by atoms with Gasteiger partial charge in [-0.3, -0.25) is 9.89 Å². The van der Waals surface area contributed by atoms with E-state index in [1.54, 1.807) is 24.3 Å². The maximum Gasteiger partial charge on any atom is 0.248 e. The third-order valence-corrected chi connectivity index (χ3v) is 5.75. The van der Waals surface area contributed by atoms with Crippen LogP contribution >= 0.6 is 23.2 Å². The number of amides is 1. The van der Waals surface area contributed by atoms with E-state index in [4.69, 9.17) is 32.7 Å². The molecule has 1 aliphatic heterocycles. The number of halogens is 2. The van der Waals surface area contributed by atoms with Gasteiger partial charge in [-0.1, -0.05) is 29.3 Å². The minimum absolute atomic E-state index is 0.0389. The highest BCUT2D eigenvalue weighted by atomic mass is 35.5. The van der Waals surface area contributed by atoms with Gasteiger partial charge in [0.1, 0.15) is 6.61 Å². The van der Waals surface area contributed by atoms with Crippen LogP contribution in [0, 0.1) is 0 Å². The van der Waals surface area contributed by atoms with Crippen LogP contribution in [0.15, 0.2) is 24.5 Å². The molecule has 7 nitrogen and oxygen atoms in total. The lowest BCUT2D eigenvalue weighted by Crippen LogP contribution is -2.40. The van der Waals surface area contributed by atoms with Crippen LogP contribution in [-0.4, -0.2) is 59.0 Å². The first kappa shape index (κ1) is 19.3. The predicted octanol–water partition coefficient (Wildman–Crippen LogP) is 3.34. The molecule has 0 bridgehead atoms. The fourth-order valence-corrected chi connectivity index (χ4v) is 4.06. The number of hydrogen-bond acceptors (Lipinski definition) is 4. The lowest BCUT2D eigenvalue weighted by molar-refractivity contribution is -0.138. The fraction of sp³-hybridized carbons (Fsp3) is 0.368. The molecular weight excluding hydrogens is 403 g/mol. The summed E-state index contributed by atoms with van der Waals surface area (Å²) in [6, 6.07) is 3.77. The number of benzene rings is 1. The maximum absolute atomic E-state index is 12.6. The van der Waals surface area contributed by atoms with Crippen LogP contribution in [0.3, 0.4) is 0 Å². The van der Waals surface area contributed by atoms with Gasteiger partial charge in [0.05, 0.1) is 41.5 Å². The number of methoxy groups -OCH3 is 1. The molecule has 3 heterocycles. The van der Waals surface area contributed by atoms with Crippen molar-refractivity contribution in [3.63, 3.8) is 0 Å². The van der Waals surface area contributed by atoms with Crippen LogP contribution in [0.4, 0.5) is 0 Å². The van der Waals surface area contributed by atoms with Gasteiger partial charge >= 0.3 is 0 Å². The van der Waals surface area contributed by atoms with Crippen LogP contribution in [-0.2, 0) is 27.4 Å². The van der Waals surface area contributed by atoms with E-state index in [1.165, 1.54) is 0 Å². The molecule has 1 aliphatic rings. The van der Waals surface area contributed by atoms with Crippen LogP contribution in [0.25, 0.3) is 22.0 Å². The lowest BCUT2D eigenvalue weighted by Gasteiger charge is -2.30. The summed E-state index contributed by atoms with van der Waals surface area (Å²) in [6.45, 7) is 2.58. The molecule has 28 heavy (non-hydrogen) atoms. The van der Waals surface area contributed by atoms with E-state index in [0.29, 0.717) is 42.9 Å². The zero-order chi connectivity index (χ0) is 19.7.